The highest BCUT2D eigenvalue weighted by Gasteiger charge is 2.15. The fourth-order valence-corrected chi connectivity index (χ4v) is 3.74. The van der Waals surface area contributed by atoms with Crippen molar-refractivity contribution in [1.82, 2.24) is 25.6 Å². The van der Waals surface area contributed by atoms with Crippen LogP contribution in [0.1, 0.15) is 21.6 Å². The lowest BCUT2D eigenvalue weighted by atomic mass is 10.1. The summed E-state index contributed by atoms with van der Waals surface area (Å²) in [5, 5.41) is 9.24. The summed E-state index contributed by atoms with van der Waals surface area (Å²) in [7, 11) is 2.15. The summed E-state index contributed by atoms with van der Waals surface area (Å²) in [4.78, 5) is 29.3. The lowest BCUT2D eigenvalue weighted by Crippen LogP contribution is -2.43. The van der Waals surface area contributed by atoms with Gasteiger partial charge in [0.15, 0.2) is 11.5 Å². The zero-order chi connectivity index (χ0) is 23.0. The Hall–Kier alpha value is -3.49. The summed E-state index contributed by atoms with van der Waals surface area (Å²) in [6, 6.07) is 19.2. The molecule has 0 unspecified atom stereocenters. The normalized spacial score (nSPS) is 14.7. The minimum atomic E-state index is -0.453. The highest BCUT2D eigenvalue weighted by atomic mass is 16.5. The minimum absolute atomic E-state index is 0.132. The molecule has 172 valence electrons. The first-order valence-electron chi connectivity index (χ1n) is 11.1. The van der Waals surface area contributed by atoms with E-state index >= 15 is 0 Å². The molecule has 4 rings (SSSR count). The Kier molecular flexibility index (Phi) is 7.49. The molecule has 0 bridgehead atoms. The van der Waals surface area contributed by atoms with Crippen LogP contribution in [0.2, 0.25) is 0 Å². The highest BCUT2D eigenvalue weighted by Crippen LogP contribution is 2.19. The number of benzene rings is 2. The lowest BCUT2D eigenvalue weighted by molar-refractivity contribution is -0.120. The summed E-state index contributed by atoms with van der Waals surface area (Å²) >= 11 is 0. The first-order chi connectivity index (χ1) is 16.1. The van der Waals surface area contributed by atoms with Crippen LogP contribution in [0.3, 0.4) is 0 Å². The smallest absolute Gasteiger partial charge is 0.273 e. The van der Waals surface area contributed by atoms with E-state index in [1.165, 1.54) is 5.56 Å². The minimum Gasteiger partial charge on any atom is -0.355 e. The first kappa shape index (κ1) is 22.7. The molecule has 0 atom stereocenters. The molecular weight excluding hydrogens is 418 g/mol. The number of nitrogens with zero attached hydrogens (tertiary/aromatic N) is 3. The average Bonchev–Trinajstić information content (AvgIpc) is 3.34. The Balaban J connectivity index is 1.22. The molecule has 0 saturated carbocycles. The predicted molar refractivity (Wildman–Crippen MR) is 125 cm³/mol. The van der Waals surface area contributed by atoms with Crippen LogP contribution in [0, 0.1) is 0 Å². The molecule has 2 heterocycles. The molecule has 0 aliphatic carbocycles. The summed E-state index contributed by atoms with van der Waals surface area (Å²) in [5.41, 5.74) is 3.24. The topological polar surface area (TPSA) is 90.7 Å². The maximum Gasteiger partial charge on any atom is 0.273 e. The van der Waals surface area contributed by atoms with Crippen molar-refractivity contribution in [3.63, 3.8) is 0 Å². The molecule has 1 saturated heterocycles. The first-order valence-corrected chi connectivity index (χ1v) is 11.1. The Morgan fingerprint density at radius 2 is 1.70 bits per heavy atom. The Labute approximate surface area is 193 Å². The fourth-order valence-electron chi connectivity index (χ4n) is 3.74. The number of hydrogen-bond acceptors (Lipinski definition) is 6. The van der Waals surface area contributed by atoms with Crippen molar-refractivity contribution >= 4 is 11.8 Å². The summed E-state index contributed by atoms with van der Waals surface area (Å²) in [5.74, 6) is -0.216. The molecule has 2 N–H and O–H groups in total. The van der Waals surface area contributed by atoms with Crippen LogP contribution in [0.5, 0.6) is 0 Å². The van der Waals surface area contributed by atoms with Crippen molar-refractivity contribution in [3.05, 3.63) is 77.5 Å². The van der Waals surface area contributed by atoms with Gasteiger partial charge in [-0.3, -0.25) is 14.5 Å². The van der Waals surface area contributed by atoms with Crippen LogP contribution in [0.4, 0.5) is 0 Å². The second-order valence-corrected chi connectivity index (χ2v) is 8.30. The standard InChI is InChI=1S/C25H29N5O3/c1-29-10-12-30(13-11-29)18-20-7-5-6-19(14-20)16-26-24(31)17-27-25(32)22-15-23(33-28-22)21-8-3-2-4-9-21/h2-9,14-15H,10-13,16-18H2,1H3,(H,26,31)(H,27,32). The quantitative estimate of drug-likeness (QED) is 0.550. The van der Waals surface area contributed by atoms with Gasteiger partial charge in [-0.05, 0) is 18.2 Å². The highest BCUT2D eigenvalue weighted by molar-refractivity contribution is 5.95. The zero-order valence-corrected chi connectivity index (χ0v) is 18.8. The monoisotopic (exact) mass is 447 g/mol. The molecule has 1 aliphatic heterocycles. The molecule has 2 amide bonds. The van der Waals surface area contributed by atoms with E-state index in [-0.39, 0.29) is 18.1 Å². The second-order valence-electron chi connectivity index (χ2n) is 8.30. The van der Waals surface area contributed by atoms with E-state index in [2.05, 4.69) is 44.8 Å². The van der Waals surface area contributed by atoms with Crippen LogP contribution in [-0.4, -0.2) is 66.5 Å². The Morgan fingerprint density at radius 3 is 2.48 bits per heavy atom. The van der Waals surface area contributed by atoms with Gasteiger partial charge in [-0.25, -0.2) is 0 Å². The van der Waals surface area contributed by atoms with Gasteiger partial charge in [-0.15, -0.1) is 0 Å². The number of likely N-dealkylation sites (N-methyl/N-ethyl adjacent to an activating group) is 1. The van der Waals surface area contributed by atoms with Crippen molar-refractivity contribution in [2.45, 2.75) is 13.1 Å². The maximum atomic E-state index is 12.3. The number of amides is 2. The number of rotatable bonds is 8. The number of hydrogen-bond donors (Lipinski definition) is 2. The summed E-state index contributed by atoms with van der Waals surface area (Å²) < 4.78 is 5.24. The maximum absolute atomic E-state index is 12.3. The van der Waals surface area contributed by atoms with Gasteiger partial charge >= 0.3 is 0 Å². The van der Waals surface area contributed by atoms with Crippen molar-refractivity contribution in [2.75, 3.05) is 39.8 Å². The van der Waals surface area contributed by atoms with Gasteiger partial charge in [0.05, 0.1) is 6.54 Å². The van der Waals surface area contributed by atoms with Gasteiger partial charge < -0.3 is 20.1 Å². The van der Waals surface area contributed by atoms with Crippen LogP contribution in [-0.2, 0) is 17.9 Å². The molecule has 1 aliphatic rings. The van der Waals surface area contributed by atoms with Gasteiger partial charge in [0.25, 0.3) is 5.91 Å². The van der Waals surface area contributed by atoms with E-state index in [1.807, 2.05) is 42.5 Å². The predicted octanol–water partition coefficient (Wildman–Crippen LogP) is 2.14. The third-order valence-corrected chi connectivity index (χ3v) is 5.69. The second kappa shape index (κ2) is 10.9. The largest absolute Gasteiger partial charge is 0.355 e. The van der Waals surface area contributed by atoms with Crippen molar-refractivity contribution in [3.8, 4) is 11.3 Å². The number of carbonyl (C=O) groups is 2. The molecule has 0 spiro atoms. The van der Waals surface area contributed by atoms with E-state index in [9.17, 15) is 9.59 Å². The average molecular weight is 448 g/mol. The molecule has 2 aromatic carbocycles. The Morgan fingerprint density at radius 1 is 0.939 bits per heavy atom. The molecule has 0 radical (unpaired) electrons. The fraction of sp³-hybridized carbons (Fsp3) is 0.320. The molecule has 33 heavy (non-hydrogen) atoms. The SMILES string of the molecule is CN1CCN(Cc2cccc(CNC(=O)CNC(=O)c3cc(-c4ccccc4)on3)c2)CC1. The lowest BCUT2D eigenvalue weighted by Gasteiger charge is -2.32. The number of piperazine rings is 1. The van der Waals surface area contributed by atoms with Gasteiger partial charge in [0.1, 0.15) is 0 Å². The Bertz CT molecular complexity index is 1070. The van der Waals surface area contributed by atoms with Gasteiger partial charge in [-0.1, -0.05) is 59.8 Å². The molecule has 1 fully saturated rings. The van der Waals surface area contributed by atoms with E-state index in [1.54, 1.807) is 6.07 Å². The zero-order valence-electron chi connectivity index (χ0n) is 18.8. The van der Waals surface area contributed by atoms with Gasteiger partial charge in [0, 0.05) is 50.9 Å². The van der Waals surface area contributed by atoms with Crippen LogP contribution >= 0.6 is 0 Å². The molecule has 8 heteroatoms. The van der Waals surface area contributed by atoms with Crippen molar-refractivity contribution < 1.29 is 14.1 Å². The molecular formula is C25H29N5O3. The van der Waals surface area contributed by atoms with Crippen LogP contribution < -0.4 is 10.6 Å². The van der Waals surface area contributed by atoms with Crippen LogP contribution in [0.15, 0.2) is 65.2 Å². The molecule has 8 nitrogen and oxygen atoms in total. The summed E-state index contributed by atoms with van der Waals surface area (Å²) in [6.07, 6.45) is 0. The van der Waals surface area contributed by atoms with E-state index in [4.69, 9.17) is 4.52 Å². The number of carbonyl (C=O) groups excluding carboxylic acids is 2. The number of nitrogens with one attached hydrogen (secondary N) is 2. The molecule has 3 aromatic rings. The van der Waals surface area contributed by atoms with Gasteiger partial charge in [0.2, 0.25) is 5.91 Å². The number of aromatic nitrogens is 1. The van der Waals surface area contributed by atoms with Crippen molar-refractivity contribution in [2.24, 2.45) is 0 Å². The summed E-state index contributed by atoms with van der Waals surface area (Å²) in [6.45, 7) is 5.49. The van der Waals surface area contributed by atoms with E-state index in [0.29, 0.717) is 12.3 Å². The third kappa shape index (κ3) is 6.50. The van der Waals surface area contributed by atoms with Gasteiger partial charge in [-0.2, -0.15) is 0 Å². The van der Waals surface area contributed by atoms with Crippen molar-refractivity contribution in [1.29, 1.82) is 0 Å². The van der Waals surface area contributed by atoms with Crippen LogP contribution in [0.25, 0.3) is 11.3 Å². The molecule has 1 aromatic heterocycles. The van der Waals surface area contributed by atoms with E-state index in [0.717, 1.165) is 43.9 Å². The third-order valence-electron chi connectivity index (χ3n) is 5.69. The van der Waals surface area contributed by atoms with E-state index < -0.39 is 5.91 Å².